The lowest BCUT2D eigenvalue weighted by atomic mass is 10.1. The first-order valence-electron chi connectivity index (χ1n) is 3.41. The Morgan fingerprint density at radius 1 is 1.58 bits per heavy atom. The van der Waals surface area contributed by atoms with Crippen molar-refractivity contribution in [3.8, 4) is 5.75 Å². The highest BCUT2D eigenvalue weighted by Gasteiger charge is 2.09. The number of aryl methyl sites for hydroxylation is 1. The fraction of sp³-hybridized carbons (Fsp3) is 0.111. The first-order chi connectivity index (χ1) is 5.65. The Morgan fingerprint density at radius 2 is 2.25 bits per heavy atom. The van der Waals surface area contributed by atoms with Gasteiger partial charge in [0.15, 0.2) is 0 Å². The molecule has 0 amide bonds. The van der Waals surface area contributed by atoms with Crippen LogP contribution in [0.3, 0.4) is 0 Å². The third kappa shape index (κ3) is 1.56. The summed E-state index contributed by atoms with van der Waals surface area (Å²) in [5.74, 6) is -0.717. The maximum Gasteiger partial charge on any atom is 0.339 e. The standard InChI is InChI=1S/C9H9O3/c1-6-3-4-8(12-2)7(5-6)9(10)11/h3-5H,2H2,1H3,(H,10,11). The molecule has 0 saturated heterocycles. The van der Waals surface area contributed by atoms with Crippen LogP contribution in [0.25, 0.3) is 0 Å². The first-order valence-corrected chi connectivity index (χ1v) is 3.41. The fourth-order valence-corrected chi connectivity index (χ4v) is 0.937. The molecule has 3 nitrogen and oxygen atoms in total. The van der Waals surface area contributed by atoms with E-state index >= 15 is 0 Å². The Kier molecular flexibility index (Phi) is 2.33. The molecule has 0 aliphatic heterocycles. The Balaban J connectivity index is 3.21. The maximum atomic E-state index is 10.6. The van der Waals surface area contributed by atoms with Gasteiger partial charge in [-0.3, -0.25) is 0 Å². The van der Waals surface area contributed by atoms with E-state index < -0.39 is 5.97 Å². The smallest absolute Gasteiger partial charge is 0.339 e. The molecular formula is C9H9O3. The van der Waals surface area contributed by atoms with Crippen LogP contribution in [0.2, 0.25) is 0 Å². The summed E-state index contributed by atoms with van der Waals surface area (Å²) in [4.78, 5) is 10.6. The van der Waals surface area contributed by atoms with Crippen molar-refractivity contribution >= 4 is 5.97 Å². The molecule has 0 aromatic heterocycles. The van der Waals surface area contributed by atoms with Crippen molar-refractivity contribution in [2.45, 2.75) is 6.92 Å². The molecule has 1 radical (unpaired) electrons. The van der Waals surface area contributed by atoms with Gasteiger partial charge in [0, 0.05) is 0 Å². The van der Waals surface area contributed by atoms with Gasteiger partial charge in [-0.25, -0.2) is 4.79 Å². The van der Waals surface area contributed by atoms with Gasteiger partial charge in [-0.2, -0.15) is 0 Å². The number of hydrogen-bond acceptors (Lipinski definition) is 2. The molecule has 63 valence electrons. The third-order valence-electron chi connectivity index (χ3n) is 1.52. The summed E-state index contributed by atoms with van der Waals surface area (Å²) in [5, 5.41) is 8.71. The van der Waals surface area contributed by atoms with E-state index in [0.29, 0.717) is 0 Å². The second kappa shape index (κ2) is 3.26. The van der Waals surface area contributed by atoms with Crippen LogP contribution in [0.5, 0.6) is 5.75 Å². The number of hydrogen-bond donors (Lipinski definition) is 1. The summed E-state index contributed by atoms with van der Waals surface area (Å²) in [6.07, 6.45) is 0. The lowest BCUT2D eigenvalue weighted by molar-refractivity contribution is 0.0694. The quantitative estimate of drug-likeness (QED) is 0.727. The van der Waals surface area contributed by atoms with Crippen molar-refractivity contribution in [3.63, 3.8) is 0 Å². The summed E-state index contributed by atoms with van der Waals surface area (Å²) in [6, 6.07) is 4.90. The van der Waals surface area contributed by atoms with E-state index in [9.17, 15) is 4.79 Å². The molecule has 0 fully saturated rings. The van der Waals surface area contributed by atoms with Gasteiger partial charge in [-0.15, -0.1) is 0 Å². The number of carboxylic acids is 1. The molecule has 0 atom stereocenters. The number of benzene rings is 1. The van der Waals surface area contributed by atoms with E-state index in [1.807, 2.05) is 6.92 Å². The fourth-order valence-electron chi connectivity index (χ4n) is 0.937. The molecule has 0 heterocycles. The van der Waals surface area contributed by atoms with E-state index in [0.717, 1.165) is 5.56 Å². The summed E-state index contributed by atoms with van der Waals surface area (Å²) < 4.78 is 4.63. The molecule has 0 unspecified atom stereocenters. The van der Waals surface area contributed by atoms with Gasteiger partial charge in [-0.05, 0) is 19.1 Å². The summed E-state index contributed by atoms with van der Waals surface area (Å²) in [6.45, 7) is 1.82. The summed E-state index contributed by atoms with van der Waals surface area (Å²) in [5.41, 5.74) is 1.03. The first kappa shape index (κ1) is 8.59. The topological polar surface area (TPSA) is 46.5 Å². The molecule has 0 saturated carbocycles. The van der Waals surface area contributed by atoms with Crippen molar-refractivity contribution < 1.29 is 14.6 Å². The summed E-state index contributed by atoms with van der Waals surface area (Å²) in [7, 11) is 3.17. The Bertz CT molecular complexity index is 305. The minimum atomic E-state index is -1.00. The minimum Gasteiger partial charge on any atom is -0.489 e. The van der Waals surface area contributed by atoms with E-state index in [-0.39, 0.29) is 11.3 Å². The highest BCUT2D eigenvalue weighted by atomic mass is 16.5. The second-order valence-corrected chi connectivity index (χ2v) is 2.45. The van der Waals surface area contributed by atoms with Gasteiger partial charge in [0.2, 0.25) is 0 Å². The van der Waals surface area contributed by atoms with Crippen LogP contribution in [0, 0.1) is 14.0 Å². The molecule has 12 heavy (non-hydrogen) atoms. The Labute approximate surface area is 70.6 Å². The number of ether oxygens (including phenoxy) is 1. The molecule has 1 aromatic rings. The average Bonchev–Trinajstić information content (AvgIpc) is 2.04. The normalized spacial score (nSPS) is 9.50. The lowest BCUT2D eigenvalue weighted by Gasteiger charge is -2.04. The van der Waals surface area contributed by atoms with Crippen molar-refractivity contribution in [1.82, 2.24) is 0 Å². The van der Waals surface area contributed by atoms with E-state index in [2.05, 4.69) is 11.8 Å². The zero-order chi connectivity index (χ0) is 9.14. The zero-order valence-corrected chi connectivity index (χ0v) is 6.70. The molecule has 0 aliphatic rings. The SMILES string of the molecule is [CH2]Oc1ccc(C)cc1C(=O)O. The van der Waals surface area contributed by atoms with Gasteiger partial charge in [0.25, 0.3) is 0 Å². The van der Waals surface area contributed by atoms with Crippen molar-refractivity contribution in [3.05, 3.63) is 36.4 Å². The molecule has 3 heteroatoms. The highest BCUT2D eigenvalue weighted by molar-refractivity contribution is 5.91. The van der Waals surface area contributed by atoms with Crippen LogP contribution in [-0.4, -0.2) is 11.1 Å². The van der Waals surface area contributed by atoms with Crippen LogP contribution in [-0.2, 0) is 0 Å². The third-order valence-corrected chi connectivity index (χ3v) is 1.52. The predicted octanol–water partition coefficient (Wildman–Crippen LogP) is 1.86. The van der Waals surface area contributed by atoms with Crippen molar-refractivity contribution in [2.24, 2.45) is 0 Å². The number of carbonyl (C=O) groups is 1. The van der Waals surface area contributed by atoms with E-state index in [1.54, 1.807) is 18.2 Å². The molecular weight excluding hydrogens is 156 g/mol. The van der Waals surface area contributed by atoms with E-state index in [1.165, 1.54) is 0 Å². The molecule has 1 aromatic carbocycles. The van der Waals surface area contributed by atoms with Crippen LogP contribution in [0.15, 0.2) is 18.2 Å². The van der Waals surface area contributed by atoms with Gasteiger partial charge in [0.1, 0.15) is 18.4 Å². The number of rotatable bonds is 2. The zero-order valence-electron chi connectivity index (χ0n) is 6.70. The maximum absolute atomic E-state index is 10.6. The molecule has 0 spiro atoms. The predicted molar refractivity (Wildman–Crippen MR) is 44.1 cm³/mol. The van der Waals surface area contributed by atoms with Crippen LogP contribution >= 0.6 is 0 Å². The van der Waals surface area contributed by atoms with Crippen LogP contribution in [0.1, 0.15) is 15.9 Å². The molecule has 1 N–H and O–H groups in total. The molecule has 0 aliphatic carbocycles. The van der Waals surface area contributed by atoms with Crippen LogP contribution < -0.4 is 4.74 Å². The molecule has 1 rings (SSSR count). The number of aromatic carboxylic acids is 1. The molecule has 0 bridgehead atoms. The summed E-state index contributed by atoms with van der Waals surface area (Å²) >= 11 is 0. The lowest BCUT2D eigenvalue weighted by Crippen LogP contribution is -1.99. The number of carboxylic acid groups (broad SMARTS) is 1. The Morgan fingerprint density at radius 3 is 2.75 bits per heavy atom. The average molecular weight is 165 g/mol. The Hall–Kier alpha value is -1.51. The largest absolute Gasteiger partial charge is 0.489 e. The van der Waals surface area contributed by atoms with E-state index in [4.69, 9.17) is 5.11 Å². The van der Waals surface area contributed by atoms with Gasteiger partial charge in [0.05, 0.1) is 0 Å². The second-order valence-electron chi connectivity index (χ2n) is 2.45. The van der Waals surface area contributed by atoms with Crippen LogP contribution in [0.4, 0.5) is 0 Å². The van der Waals surface area contributed by atoms with Gasteiger partial charge < -0.3 is 9.84 Å². The monoisotopic (exact) mass is 165 g/mol. The van der Waals surface area contributed by atoms with Gasteiger partial charge >= 0.3 is 5.97 Å². The van der Waals surface area contributed by atoms with Crippen molar-refractivity contribution in [1.29, 1.82) is 0 Å². The van der Waals surface area contributed by atoms with Crippen molar-refractivity contribution in [2.75, 3.05) is 0 Å². The van der Waals surface area contributed by atoms with Gasteiger partial charge in [-0.1, -0.05) is 11.6 Å². The minimum absolute atomic E-state index is 0.144. The highest BCUT2D eigenvalue weighted by Crippen LogP contribution is 2.19.